The molecule has 0 rings (SSSR count). The Morgan fingerprint density at radius 3 is 2.43 bits per heavy atom. The van der Waals surface area contributed by atoms with Crippen molar-refractivity contribution in [2.24, 2.45) is 11.7 Å². The quantitative estimate of drug-likeness (QED) is 0.623. The third-order valence-electron chi connectivity index (χ3n) is 2.31. The van der Waals surface area contributed by atoms with Gasteiger partial charge >= 0.3 is 0 Å². The van der Waals surface area contributed by atoms with Crippen LogP contribution < -0.4 is 5.73 Å². The first kappa shape index (κ1) is 13.8. The van der Waals surface area contributed by atoms with Gasteiger partial charge in [0, 0.05) is 12.6 Å². The average molecular weight is 209 g/mol. The fraction of sp³-hybridized carbons (Fsp3) is 1.00. The van der Waals surface area contributed by atoms with Gasteiger partial charge in [-0.25, -0.2) is 8.78 Å². The van der Waals surface area contributed by atoms with Gasteiger partial charge in [-0.3, -0.25) is 0 Å². The van der Waals surface area contributed by atoms with Crippen LogP contribution in [0.4, 0.5) is 8.78 Å². The van der Waals surface area contributed by atoms with Crippen LogP contribution in [0.2, 0.25) is 0 Å². The maximum absolute atomic E-state index is 11.7. The SMILES string of the molecule is CCCC(C)C(N)CCOCC(F)F. The van der Waals surface area contributed by atoms with E-state index in [1.54, 1.807) is 0 Å². The minimum atomic E-state index is -2.38. The van der Waals surface area contributed by atoms with Crippen molar-refractivity contribution in [3.05, 3.63) is 0 Å². The summed E-state index contributed by atoms with van der Waals surface area (Å²) < 4.78 is 28.1. The summed E-state index contributed by atoms with van der Waals surface area (Å²) in [5, 5.41) is 0. The van der Waals surface area contributed by atoms with Crippen molar-refractivity contribution in [2.75, 3.05) is 13.2 Å². The lowest BCUT2D eigenvalue weighted by atomic mass is 9.96. The van der Waals surface area contributed by atoms with Gasteiger partial charge in [-0.2, -0.15) is 0 Å². The molecular weight excluding hydrogens is 188 g/mol. The highest BCUT2D eigenvalue weighted by Gasteiger charge is 2.11. The first-order valence-corrected chi connectivity index (χ1v) is 5.19. The first-order chi connectivity index (χ1) is 6.57. The molecule has 0 aliphatic carbocycles. The summed E-state index contributed by atoms with van der Waals surface area (Å²) >= 11 is 0. The van der Waals surface area contributed by atoms with Gasteiger partial charge in [-0.05, 0) is 18.8 Å². The zero-order chi connectivity index (χ0) is 11.0. The molecule has 0 bridgehead atoms. The molecule has 0 heterocycles. The Morgan fingerprint density at radius 2 is 1.93 bits per heavy atom. The number of hydrogen-bond donors (Lipinski definition) is 1. The van der Waals surface area contributed by atoms with Crippen molar-refractivity contribution in [1.82, 2.24) is 0 Å². The molecule has 0 fully saturated rings. The smallest absolute Gasteiger partial charge is 0.261 e. The van der Waals surface area contributed by atoms with Gasteiger partial charge in [-0.1, -0.05) is 20.3 Å². The molecule has 2 atom stereocenters. The first-order valence-electron chi connectivity index (χ1n) is 5.19. The van der Waals surface area contributed by atoms with Crippen molar-refractivity contribution >= 4 is 0 Å². The maximum atomic E-state index is 11.7. The number of alkyl halides is 2. The number of rotatable bonds is 8. The lowest BCUT2D eigenvalue weighted by Gasteiger charge is -2.18. The fourth-order valence-corrected chi connectivity index (χ4v) is 1.35. The summed E-state index contributed by atoms with van der Waals surface area (Å²) in [5.41, 5.74) is 5.85. The molecule has 4 heteroatoms. The number of nitrogens with two attached hydrogens (primary N) is 1. The van der Waals surface area contributed by atoms with Gasteiger partial charge < -0.3 is 10.5 Å². The van der Waals surface area contributed by atoms with Crippen LogP contribution in [-0.2, 0) is 4.74 Å². The van der Waals surface area contributed by atoms with Crippen LogP contribution in [0, 0.1) is 5.92 Å². The van der Waals surface area contributed by atoms with E-state index in [0.717, 1.165) is 12.8 Å². The van der Waals surface area contributed by atoms with Crippen LogP contribution in [0.5, 0.6) is 0 Å². The van der Waals surface area contributed by atoms with Crippen molar-refractivity contribution in [3.8, 4) is 0 Å². The Labute approximate surface area is 84.8 Å². The van der Waals surface area contributed by atoms with E-state index in [1.165, 1.54) is 0 Å². The van der Waals surface area contributed by atoms with E-state index < -0.39 is 13.0 Å². The van der Waals surface area contributed by atoms with Crippen LogP contribution in [0.3, 0.4) is 0 Å². The molecule has 2 N–H and O–H groups in total. The Bertz CT molecular complexity index is 133. The van der Waals surface area contributed by atoms with Crippen molar-refractivity contribution < 1.29 is 13.5 Å². The van der Waals surface area contributed by atoms with Gasteiger partial charge in [0.05, 0.1) is 0 Å². The monoisotopic (exact) mass is 209 g/mol. The van der Waals surface area contributed by atoms with E-state index >= 15 is 0 Å². The molecule has 2 nitrogen and oxygen atoms in total. The normalized spacial score (nSPS) is 15.9. The number of hydrogen-bond acceptors (Lipinski definition) is 2. The highest BCUT2D eigenvalue weighted by molar-refractivity contribution is 4.68. The van der Waals surface area contributed by atoms with E-state index in [4.69, 9.17) is 10.5 Å². The van der Waals surface area contributed by atoms with E-state index in [2.05, 4.69) is 13.8 Å². The molecule has 14 heavy (non-hydrogen) atoms. The van der Waals surface area contributed by atoms with Crippen LogP contribution in [0.15, 0.2) is 0 Å². The van der Waals surface area contributed by atoms with Gasteiger partial charge in [0.2, 0.25) is 0 Å². The van der Waals surface area contributed by atoms with E-state index in [1.807, 2.05) is 0 Å². The third kappa shape index (κ3) is 7.21. The molecule has 0 saturated heterocycles. The molecular formula is C10H21F2NO. The maximum Gasteiger partial charge on any atom is 0.261 e. The molecule has 0 radical (unpaired) electrons. The van der Waals surface area contributed by atoms with Gasteiger partial charge in [0.25, 0.3) is 6.43 Å². The van der Waals surface area contributed by atoms with Crippen molar-refractivity contribution in [2.45, 2.75) is 45.6 Å². The second-order valence-corrected chi connectivity index (χ2v) is 3.68. The predicted octanol–water partition coefficient (Wildman–Crippen LogP) is 2.42. The van der Waals surface area contributed by atoms with E-state index in [-0.39, 0.29) is 6.04 Å². The lowest BCUT2D eigenvalue weighted by Crippen LogP contribution is -2.29. The number of ether oxygens (including phenoxy) is 1. The molecule has 0 aromatic rings. The minimum Gasteiger partial charge on any atom is -0.375 e. The van der Waals surface area contributed by atoms with Crippen LogP contribution in [0.25, 0.3) is 0 Å². The van der Waals surface area contributed by atoms with E-state index in [9.17, 15) is 8.78 Å². The van der Waals surface area contributed by atoms with Gasteiger partial charge in [0.1, 0.15) is 6.61 Å². The molecule has 0 spiro atoms. The molecule has 0 aromatic carbocycles. The summed E-state index contributed by atoms with van der Waals surface area (Å²) in [4.78, 5) is 0. The molecule has 0 aromatic heterocycles. The van der Waals surface area contributed by atoms with Gasteiger partial charge in [-0.15, -0.1) is 0 Å². The summed E-state index contributed by atoms with van der Waals surface area (Å²) in [6, 6.07) is 0.0626. The standard InChI is InChI=1S/C10H21F2NO/c1-3-4-8(2)9(13)5-6-14-7-10(11)12/h8-10H,3-7,13H2,1-2H3. The number of halogens is 2. The van der Waals surface area contributed by atoms with Crippen LogP contribution in [0.1, 0.15) is 33.1 Å². The zero-order valence-corrected chi connectivity index (χ0v) is 9.01. The Hall–Kier alpha value is -0.220. The molecule has 0 saturated carbocycles. The largest absolute Gasteiger partial charge is 0.375 e. The van der Waals surface area contributed by atoms with Crippen molar-refractivity contribution in [1.29, 1.82) is 0 Å². The van der Waals surface area contributed by atoms with Crippen molar-refractivity contribution in [3.63, 3.8) is 0 Å². The Morgan fingerprint density at radius 1 is 1.29 bits per heavy atom. The molecule has 0 aliphatic rings. The molecule has 86 valence electrons. The Balaban J connectivity index is 3.38. The second kappa shape index (κ2) is 8.12. The summed E-state index contributed by atoms with van der Waals surface area (Å²) in [7, 11) is 0. The second-order valence-electron chi connectivity index (χ2n) is 3.68. The average Bonchev–Trinajstić information content (AvgIpc) is 2.12. The molecule has 2 unspecified atom stereocenters. The minimum absolute atomic E-state index is 0.0626. The van der Waals surface area contributed by atoms with Crippen LogP contribution >= 0.6 is 0 Å². The predicted molar refractivity (Wildman–Crippen MR) is 53.5 cm³/mol. The topological polar surface area (TPSA) is 35.2 Å². The van der Waals surface area contributed by atoms with Crippen LogP contribution in [-0.4, -0.2) is 25.7 Å². The highest BCUT2D eigenvalue weighted by Crippen LogP contribution is 2.11. The third-order valence-corrected chi connectivity index (χ3v) is 2.31. The molecule has 0 aliphatic heterocycles. The fourth-order valence-electron chi connectivity index (χ4n) is 1.35. The lowest BCUT2D eigenvalue weighted by molar-refractivity contribution is 0.0140. The molecule has 0 amide bonds. The van der Waals surface area contributed by atoms with E-state index in [0.29, 0.717) is 18.9 Å². The summed E-state index contributed by atoms with van der Waals surface area (Å²) in [6.07, 6.45) is 0.468. The Kier molecular flexibility index (Phi) is 7.99. The van der Waals surface area contributed by atoms with Gasteiger partial charge in [0.15, 0.2) is 0 Å². The summed E-state index contributed by atoms with van der Waals surface area (Å²) in [6.45, 7) is 4.05. The zero-order valence-electron chi connectivity index (χ0n) is 9.01. The highest BCUT2D eigenvalue weighted by atomic mass is 19.3. The summed E-state index contributed by atoms with van der Waals surface area (Å²) in [5.74, 6) is 0.440.